The molecule has 0 saturated carbocycles. The fraction of sp³-hybridized carbons (Fsp3) is 0.118. The number of ether oxygens (including phenoxy) is 2. The van der Waals surface area contributed by atoms with Crippen LogP contribution in [0.1, 0.15) is 5.01 Å². The van der Waals surface area contributed by atoms with Crippen molar-refractivity contribution < 1.29 is 14.3 Å². The molecule has 140 valence electrons. The van der Waals surface area contributed by atoms with Crippen molar-refractivity contribution in [2.75, 3.05) is 17.7 Å². The maximum atomic E-state index is 12.0. The molecule has 0 aliphatic rings. The molecular weight excluding hydrogens is 411 g/mol. The maximum absolute atomic E-state index is 12.0. The minimum atomic E-state index is -0.466. The lowest BCUT2D eigenvalue weighted by Crippen LogP contribution is -2.19. The molecule has 27 heavy (non-hydrogen) atoms. The van der Waals surface area contributed by atoms with Crippen molar-refractivity contribution in [2.24, 2.45) is 0 Å². The Morgan fingerprint density at radius 2 is 1.78 bits per heavy atom. The van der Waals surface area contributed by atoms with Crippen LogP contribution in [0.5, 0.6) is 11.5 Å². The Kier molecular flexibility index (Phi) is 6.33. The monoisotopic (exact) mass is 424 g/mol. The maximum Gasteiger partial charge on any atom is 0.325 e. The second-order valence-corrected chi connectivity index (χ2v) is 7.05. The predicted molar refractivity (Wildman–Crippen MR) is 106 cm³/mol. The van der Waals surface area contributed by atoms with E-state index in [9.17, 15) is 4.79 Å². The number of amides is 2. The van der Waals surface area contributed by atoms with Gasteiger partial charge in [0.2, 0.25) is 5.13 Å². The van der Waals surface area contributed by atoms with Crippen LogP contribution in [-0.4, -0.2) is 23.3 Å². The average Bonchev–Trinajstić information content (AvgIpc) is 3.10. The Balaban J connectivity index is 1.52. The number of hydrogen-bond acceptors (Lipinski definition) is 6. The highest BCUT2D eigenvalue weighted by Gasteiger charge is 2.10. The van der Waals surface area contributed by atoms with Gasteiger partial charge in [0.05, 0.1) is 17.2 Å². The highest BCUT2D eigenvalue weighted by Crippen LogP contribution is 2.25. The highest BCUT2D eigenvalue weighted by atomic mass is 35.5. The van der Waals surface area contributed by atoms with Gasteiger partial charge >= 0.3 is 6.03 Å². The van der Waals surface area contributed by atoms with Gasteiger partial charge in [-0.15, -0.1) is 10.2 Å². The molecule has 2 amide bonds. The first-order valence-electron chi connectivity index (χ1n) is 7.66. The number of benzene rings is 2. The molecule has 0 radical (unpaired) electrons. The molecule has 3 aromatic rings. The van der Waals surface area contributed by atoms with Gasteiger partial charge in [-0.25, -0.2) is 4.79 Å². The lowest BCUT2D eigenvalue weighted by Gasteiger charge is -2.06. The van der Waals surface area contributed by atoms with Crippen LogP contribution in [-0.2, 0) is 6.61 Å². The number of nitrogens with one attached hydrogen (secondary N) is 2. The van der Waals surface area contributed by atoms with Gasteiger partial charge in [0, 0.05) is 5.69 Å². The van der Waals surface area contributed by atoms with E-state index in [1.54, 1.807) is 49.6 Å². The van der Waals surface area contributed by atoms with Crippen LogP contribution < -0.4 is 20.1 Å². The number of halogens is 2. The quantitative estimate of drug-likeness (QED) is 0.576. The number of rotatable bonds is 6. The van der Waals surface area contributed by atoms with Gasteiger partial charge in [-0.3, -0.25) is 5.32 Å². The number of nitrogens with zero attached hydrogens (tertiary/aromatic N) is 2. The van der Waals surface area contributed by atoms with Crippen LogP contribution in [0.2, 0.25) is 10.0 Å². The average molecular weight is 425 g/mol. The molecule has 1 heterocycles. The number of aromatic nitrogens is 2. The minimum Gasteiger partial charge on any atom is -0.497 e. The van der Waals surface area contributed by atoms with Gasteiger partial charge in [-0.2, -0.15) is 0 Å². The molecule has 0 aliphatic heterocycles. The molecular formula is C17H14Cl2N4O3S. The first kappa shape index (κ1) is 19.2. The van der Waals surface area contributed by atoms with Crippen molar-refractivity contribution in [3.05, 3.63) is 57.5 Å². The molecule has 0 aliphatic carbocycles. The highest BCUT2D eigenvalue weighted by molar-refractivity contribution is 7.15. The van der Waals surface area contributed by atoms with Crippen LogP contribution in [0.15, 0.2) is 42.5 Å². The second kappa shape index (κ2) is 8.90. The summed E-state index contributed by atoms with van der Waals surface area (Å²) in [6.07, 6.45) is 0. The van der Waals surface area contributed by atoms with E-state index in [-0.39, 0.29) is 6.61 Å². The topological polar surface area (TPSA) is 85.4 Å². The largest absolute Gasteiger partial charge is 0.497 e. The molecule has 0 bridgehead atoms. The molecule has 0 unspecified atom stereocenters. The summed E-state index contributed by atoms with van der Waals surface area (Å²) in [5, 5.41) is 14.9. The SMILES string of the molecule is COc1ccc(OCc2nnc(NC(=O)Nc3ccc(Cl)c(Cl)c3)s2)cc1. The Morgan fingerprint density at radius 1 is 1.04 bits per heavy atom. The summed E-state index contributed by atoms with van der Waals surface area (Å²) < 4.78 is 10.7. The van der Waals surface area contributed by atoms with Gasteiger partial charge in [-0.05, 0) is 42.5 Å². The predicted octanol–water partition coefficient (Wildman–Crippen LogP) is 5.08. The summed E-state index contributed by atoms with van der Waals surface area (Å²) in [6, 6.07) is 11.5. The lowest BCUT2D eigenvalue weighted by molar-refractivity contribution is 0.262. The molecule has 0 saturated heterocycles. The molecule has 7 nitrogen and oxygen atoms in total. The van der Waals surface area contributed by atoms with E-state index in [1.807, 2.05) is 0 Å². The van der Waals surface area contributed by atoms with Gasteiger partial charge in [0.1, 0.15) is 18.1 Å². The molecule has 2 N–H and O–H groups in total. The van der Waals surface area contributed by atoms with Crippen molar-refractivity contribution in [1.82, 2.24) is 10.2 Å². The third kappa shape index (κ3) is 5.46. The normalized spacial score (nSPS) is 10.3. The zero-order valence-corrected chi connectivity index (χ0v) is 16.4. The smallest absolute Gasteiger partial charge is 0.325 e. The Morgan fingerprint density at radius 3 is 2.48 bits per heavy atom. The summed E-state index contributed by atoms with van der Waals surface area (Å²) in [6.45, 7) is 0.236. The zero-order valence-electron chi connectivity index (χ0n) is 14.0. The van der Waals surface area contributed by atoms with Crippen molar-refractivity contribution in [3.8, 4) is 11.5 Å². The fourth-order valence-electron chi connectivity index (χ4n) is 2.01. The van der Waals surface area contributed by atoms with E-state index in [4.69, 9.17) is 32.7 Å². The number of urea groups is 1. The number of hydrogen-bond donors (Lipinski definition) is 2. The first-order valence-corrected chi connectivity index (χ1v) is 9.23. The molecule has 0 fully saturated rings. The zero-order chi connectivity index (χ0) is 19.2. The molecule has 0 atom stereocenters. The van der Waals surface area contributed by atoms with E-state index in [1.165, 1.54) is 11.3 Å². The molecule has 0 spiro atoms. The standard InChI is InChI=1S/C17H14Cl2N4O3S/c1-25-11-3-5-12(6-4-11)26-9-15-22-23-17(27-15)21-16(24)20-10-2-7-13(18)14(19)8-10/h2-8H,9H2,1H3,(H2,20,21,23,24). The third-order valence-corrected chi connectivity index (χ3v) is 4.84. The van der Waals surface area contributed by atoms with Gasteiger partial charge in [0.15, 0.2) is 5.01 Å². The van der Waals surface area contributed by atoms with E-state index in [0.29, 0.717) is 31.6 Å². The lowest BCUT2D eigenvalue weighted by atomic mass is 10.3. The van der Waals surface area contributed by atoms with Crippen LogP contribution in [0.25, 0.3) is 0 Å². The van der Waals surface area contributed by atoms with Gasteiger partial charge in [-0.1, -0.05) is 34.5 Å². The summed E-state index contributed by atoms with van der Waals surface area (Å²) >= 11 is 13.0. The van der Waals surface area contributed by atoms with Crippen molar-refractivity contribution in [3.63, 3.8) is 0 Å². The second-order valence-electron chi connectivity index (χ2n) is 5.17. The van der Waals surface area contributed by atoms with E-state index in [0.717, 1.165) is 5.75 Å². The van der Waals surface area contributed by atoms with Gasteiger partial charge < -0.3 is 14.8 Å². The summed E-state index contributed by atoms with van der Waals surface area (Å²) in [5.74, 6) is 1.43. The van der Waals surface area contributed by atoms with E-state index >= 15 is 0 Å². The Bertz CT molecular complexity index is 934. The number of methoxy groups -OCH3 is 1. The summed E-state index contributed by atoms with van der Waals surface area (Å²) in [7, 11) is 1.60. The first-order chi connectivity index (χ1) is 13.0. The molecule has 10 heteroatoms. The fourth-order valence-corrected chi connectivity index (χ4v) is 2.96. The number of carbonyl (C=O) groups is 1. The van der Waals surface area contributed by atoms with Gasteiger partial charge in [0.25, 0.3) is 0 Å². The van der Waals surface area contributed by atoms with E-state index < -0.39 is 6.03 Å². The van der Waals surface area contributed by atoms with Crippen molar-refractivity contribution in [2.45, 2.75) is 6.61 Å². The molecule has 2 aromatic carbocycles. The summed E-state index contributed by atoms with van der Waals surface area (Å²) in [4.78, 5) is 12.0. The number of carbonyl (C=O) groups excluding carboxylic acids is 1. The van der Waals surface area contributed by atoms with Crippen LogP contribution in [0, 0.1) is 0 Å². The minimum absolute atomic E-state index is 0.236. The van der Waals surface area contributed by atoms with Crippen molar-refractivity contribution in [1.29, 1.82) is 0 Å². The van der Waals surface area contributed by atoms with Crippen LogP contribution in [0.3, 0.4) is 0 Å². The summed E-state index contributed by atoms with van der Waals surface area (Å²) in [5.41, 5.74) is 0.509. The number of anilines is 2. The Labute approximate surface area is 169 Å². The van der Waals surface area contributed by atoms with Crippen molar-refractivity contribution >= 4 is 51.4 Å². The van der Waals surface area contributed by atoms with E-state index in [2.05, 4.69) is 20.8 Å². The van der Waals surface area contributed by atoms with Crippen LogP contribution >= 0.6 is 34.5 Å². The molecule has 1 aromatic heterocycles. The Hall–Kier alpha value is -2.55. The third-order valence-electron chi connectivity index (χ3n) is 3.29. The molecule has 3 rings (SSSR count). The van der Waals surface area contributed by atoms with Crippen LogP contribution in [0.4, 0.5) is 15.6 Å².